The van der Waals surface area contributed by atoms with Gasteiger partial charge in [0.25, 0.3) is 5.56 Å². The van der Waals surface area contributed by atoms with Gasteiger partial charge in [0, 0.05) is 24.8 Å². The van der Waals surface area contributed by atoms with Crippen molar-refractivity contribution in [1.29, 1.82) is 0 Å². The number of benzene rings is 1. The Morgan fingerprint density at radius 2 is 1.96 bits per heavy atom. The molecule has 118 valence electrons. The summed E-state index contributed by atoms with van der Waals surface area (Å²) in [5.74, 6) is 0.677. The molecular formula is C19H16N4O. The first-order valence-corrected chi connectivity index (χ1v) is 7.94. The zero-order chi connectivity index (χ0) is 16.4. The Bertz CT molecular complexity index is 1000. The average Bonchev–Trinajstić information content (AvgIpc) is 3.10. The van der Waals surface area contributed by atoms with Gasteiger partial charge in [-0.1, -0.05) is 36.4 Å². The fourth-order valence-electron chi connectivity index (χ4n) is 2.85. The van der Waals surface area contributed by atoms with E-state index in [1.54, 1.807) is 18.5 Å². The lowest BCUT2D eigenvalue weighted by Gasteiger charge is -2.03. The Kier molecular flexibility index (Phi) is 3.75. The van der Waals surface area contributed by atoms with Gasteiger partial charge in [-0.25, -0.2) is 4.98 Å². The van der Waals surface area contributed by atoms with Crippen molar-refractivity contribution >= 4 is 22.3 Å². The van der Waals surface area contributed by atoms with Gasteiger partial charge in [-0.15, -0.1) is 0 Å². The molecule has 0 radical (unpaired) electrons. The molecule has 1 aliphatic heterocycles. The lowest BCUT2D eigenvalue weighted by molar-refractivity contribution is 0.895. The van der Waals surface area contributed by atoms with E-state index in [1.807, 2.05) is 18.2 Å². The van der Waals surface area contributed by atoms with Crippen LogP contribution >= 0.6 is 0 Å². The minimum Gasteiger partial charge on any atom is -0.310 e. The first-order valence-electron chi connectivity index (χ1n) is 7.94. The molecular weight excluding hydrogens is 300 g/mol. The molecule has 0 unspecified atom stereocenters. The first-order chi connectivity index (χ1) is 11.8. The molecule has 1 aliphatic rings. The largest absolute Gasteiger partial charge is 0.310 e. The number of nitrogens with one attached hydrogen (secondary N) is 1. The van der Waals surface area contributed by atoms with Crippen LogP contribution in [0.2, 0.25) is 0 Å². The van der Waals surface area contributed by atoms with E-state index < -0.39 is 0 Å². The molecule has 0 aliphatic carbocycles. The number of aliphatic imine (C=N–C) groups is 1. The molecule has 3 heterocycles. The van der Waals surface area contributed by atoms with Crippen LogP contribution in [0.4, 0.5) is 0 Å². The van der Waals surface area contributed by atoms with Gasteiger partial charge >= 0.3 is 0 Å². The van der Waals surface area contributed by atoms with Gasteiger partial charge in [0.1, 0.15) is 5.82 Å². The van der Waals surface area contributed by atoms with Crippen molar-refractivity contribution in [3.05, 3.63) is 76.6 Å². The second kappa shape index (κ2) is 6.20. The summed E-state index contributed by atoms with van der Waals surface area (Å²) in [4.78, 5) is 28.1. The third-order valence-corrected chi connectivity index (χ3v) is 4.09. The third-order valence-electron chi connectivity index (χ3n) is 4.09. The summed E-state index contributed by atoms with van der Waals surface area (Å²) in [5, 5.41) is 0.569. The number of H-pyrrole nitrogens is 1. The minimum absolute atomic E-state index is 0.117. The van der Waals surface area contributed by atoms with Crippen LogP contribution in [0.15, 0.2) is 64.7 Å². The van der Waals surface area contributed by atoms with E-state index in [4.69, 9.17) is 4.99 Å². The molecule has 0 amide bonds. The Labute approximate surface area is 138 Å². The van der Waals surface area contributed by atoms with Gasteiger partial charge in [-0.3, -0.25) is 14.8 Å². The van der Waals surface area contributed by atoms with Crippen molar-refractivity contribution < 1.29 is 0 Å². The van der Waals surface area contributed by atoms with E-state index in [9.17, 15) is 4.79 Å². The standard InChI is InChI=1S/C19H16N4O/c24-19-15-10-11-20-12-17(15)22-18(23-19)9-7-14-6-8-16(21-14)13-4-2-1-3-5-13/h1-5,8,10-12H,6-7,9H2,(H,22,23,24). The Morgan fingerprint density at radius 3 is 2.83 bits per heavy atom. The fraction of sp³-hybridized carbons (Fsp3) is 0.158. The van der Waals surface area contributed by atoms with Crippen LogP contribution in [0.25, 0.3) is 16.6 Å². The topological polar surface area (TPSA) is 71.0 Å². The maximum Gasteiger partial charge on any atom is 0.258 e. The van der Waals surface area contributed by atoms with Gasteiger partial charge in [-0.05, 0) is 18.1 Å². The second-order valence-corrected chi connectivity index (χ2v) is 5.74. The number of aromatic nitrogens is 3. The number of nitrogens with zero attached hydrogens (tertiary/aromatic N) is 3. The lowest BCUT2D eigenvalue weighted by atomic mass is 10.1. The number of rotatable bonds is 4. The Morgan fingerprint density at radius 1 is 1.08 bits per heavy atom. The van der Waals surface area contributed by atoms with Crippen molar-refractivity contribution in [1.82, 2.24) is 15.0 Å². The number of allylic oxidation sites excluding steroid dienone is 1. The van der Waals surface area contributed by atoms with Crippen molar-refractivity contribution in [2.75, 3.05) is 0 Å². The van der Waals surface area contributed by atoms with E-state index in [-0.39, 0.29) is 5.56 Å². The molecule has 0 bridgehead atoms. The monoisotopic (exact) mass is 316 g/mol. The van der Waals surface area contributed by atoms with Gasteiger partial charge in [0.05, 0.1) is 22.8 Å². The molecule has 1 aromatic carbocycles. The number of hydrogen-bond acceptors (Lipinski definition) is 4. The molecule has 1 N–H and O–H groups in total. The highest BCUT2D eigenvalue weighted by Crippen LogP contribution is 2.23. The van der Waals surface area contributed by atoms with E-state index in [1.165, 1.54) is 0 Å². The highest BCUT2D eigenvalue weighted by Gasteiger charge is 2.11. The number of pyridine rings is 1. The van der Waals surface area contributed by atoms with Crippen molar-refractivity contribution in [3.8, 4) is 0 Å². The summed E-state index contributed by atoms with van der Waals surface area (Å²) >= 11 is 0. The molecule has 0 atom stereocenters. The van der Waals surface area contributed by atoms with Crippen LogP contribution in [0, 0.1) is 0 Å². The lowest BCUT2D eigenvalue weighted by Crippen LogP contribution is -2.13. The summed E-state index contributed by atoms with van der Waals surface area (Å²) in [6.07, 6.45) is 7.66. The molecule has 24 heavy (non-hydrogen) atoms. The van der Waals surface area contributed by atoms with Crippen LogP contribution in [0.5, 0.6) is 0 Å². The molecule has 0 fully saturated rings. The first kappa shape index (κ1) is 14.5. The van der Waals surface area contributed by atoms with Crippen LogP contribution < -0.4 is 5.56 Å². The molecule has 3 aromatic rings. The molecule has 5 nitrogen and oxygen atoms in total. The number of hydrogen-bond donors (Lipinski definition) is 1. The van der Waals surface area contributed by atoms with E-state index in [0.29, 0.717) is 23.1 Å². The molecule has 4 rings (SSSR count). The smallest absolute Gasteiger partial charge is 0.258 e. The fourth-order valence-corrected chi connectivity index (χ4v) is 2.85. The van der Waals surface area contributed by atoms with Gasteiger partial charge in [0.15, 0.2) is 0 Å². The highest BCUT2D eigenvalue weighted by molar-refractivity contribution is 5.95. The number of aromatic amines is 1. The quantitative estimate of drug-likeness (QED) is 0.804. The predicted molar refractivity (Wildman–Crippen MR) is 95.0 cm³/mol. The summed E-state index contributed by atoms with van der Waals surface area (Å²) in [6.45, 7) is 0. The number of fused-ring (bicyclic) bond motifs is 1. The van der Waals surface area contributed by atoms with E-state index >= 15 is 0 Å². The van der Waals surface area contributed by atoms with Crippen LogP contribution in [0.1, 0.15) is 24.2 Å². The normalized spacial score (nSPS) is 13.8. The Hall–Kier alpha value is -3.08. The maximum atomic E-state index is 12.1. The highest BCUT2D eigenvalue weighted by atomic mass is 16.1. The molecule has 0 saturated heterocycles. The maximum absolute atomic E-state index is 12.1. The van der Waals surface area contributed by atoms with Crippen molar-refractivity contribution in [2.24, 2.45) is 4.99 Å². The summed E-state index contributed by atoms with van der Waals surface area (Å²) < 4.78 is 0. The summed E-state index contributed by atoms with van der Waals surface area (Å²) in [5.41, 5.74) is 3.79. The predicted octanol–water partition coefficient (Wildman–Crippen LogP) is 3.14. The van der Waals surface area contributed by atoms with Gasteiger partial charge in [0.2, 0.25) is 0 Å². The second-order valence-electron chi connectivity index (χ2n) is 5.74. The van der Waals surface area contributed by atoms with Gasteiger partial charge in [-0.2, -0.15) is 0 Å². The summed E-state index contributed by atoms with van der Waals surface area (Å²) in [7, 11) is 0. The van der Waals surface area contributed by atoms with Crippen molar-refractivity contribution in [2.45, 2.75) is 19.3 Å². The SMILES string of the molecule is O=c1[nH]c(CCC2=NC(c3ccccc3)=CC2)nc2cnccc12. The average molecular weight is 316 g/mol. The van der Waals surface area contributed by atoms with Crippen LogP contribution in [0.3, 0.4) is 0 Å². The molecule has 0 spiro atoms. The van der Waals surface area contributed by atoms with Gasteiger partial charge < -0.3 is 4.98 Å². The van der Waals surface area contributed by atoms with Crippen molar-refractivity contribution in [3.63, 3.8) is 0 Å². The Balaban J connectivity index is 1.49. The minimum atomic E-state index is -0.117. The zero-order valence-corrected chi connectivity index (χ0v) is 13.1. The summed E-state index contributed by atoms with van der Waals surface area (Å²) in [6, 6.07) is 11.8. The van der Waals surface area contributed by atoms with Crippen LogP contribution in [-0.4, -0.2) is 20.7 Å². The molecule has 5 heteroatoms. The third kappa shape index (κ3) is 2.88. The van der Waals surface area contributed by atoms with Crippen LogP contribution in [-0.2, 0) is 6.42 Å². The van der Waals surface area contributed by atoms with E-state index in [2.05, 4.69) is 33.2 Å². The molecule has 2 aromatic heterocycles. The number of aryl methyl sites for hydroxylation is 1. The molecule has 0 saturated carbocycles. The van der Waals surface area contributed by atoms with E-state index in [0.717, 1.165) is 29.8 Å². The zero-order valence-electron chi connectivity index (χ0n) is 13.1.